The summed E-state index contributed by atoms with van der Waals surface area (Å²) < 4.78 is 1.06. The SMILES string of the molecule is CCC[N+](C)(C)CCCNC(=O)CC[C@@H](C)C1CCC2C3CCC4CCCCC4(C)C3CCC21C. The van der Waals surface area contributed by atoms with Crippen LogP contribution in [0.4, 0.5) is 0 Å². The Morgan fingerprint density at radius 3 is 2.49 bits per heavy atom. The van der Waals surface area contributed by atoms with E-state index in [0.29, 0.717) is 16.7 Å². The second-order valence-corrected chi connectivity index (χ2v) is 14.7. The molecular weight excluding hydrogens is 428 g/mol. The topological polar surface area (TPSA) is 29.1 Å². The highest BCUT2D eigenvalue weighted by molar-refractivity contribution is 5.75. The molecule has 3 heteroatoms. The van der Waals surface area contributed by atoms with Gasteiger partial charge in [0.15, 0.2) is 0 Å². The van der Waals surface area contributed by atoms with Crippen molar-refractivity contribution in [2.24, 2.45) is 46.3 Å². The quantitative estimate of drug-likeness (QED) is 0.252. The summed E-state index contributed by atoms with van der Waals surface area (Å²) in [5.41, 5.74) is 1.17. The van der Waals surface area contributed by atoms with Gasteiger partial charge in [0.05, 0.1) is 27.2 Å². The van der Waals surface area contributed by atoms with Crippen LogP contribution in [0.1, 0.15) is 118 Å². The number of quaternary nitrogens is 1. The Morgan fingerprint density at radius 2 is 1.71 bits per heavy atom. The van der Waals surface area contributed by atoms with E-state index in [-0.39, 0.29) is 5.91 Å². The maximum Gasteiger partial charge on any atom is 0.220 e. The van der Waals surface area contributed by atoms with Crippen molar-refractivity contribution in [2.45, 2.75) is 118 Å². The molecule has 1 N–H and O–H groups in total. The molecule has 8 atom stereocenters. The van der Waals surface area contributed by atoms with Gasteiger partial charge in [-0.05, 0) is 111 Å². The number of carbonyl (C=O) groups is 1. The van der Waals surface area contributed by atoms with Gasteiger partial charge in [0, 0.05) is 19.4 Å². The van der Waals surface area contributed by atoms with Crippen LogP contribution in [0.2, 0.25) is 0 Å². The lowest BCUT2D eigenvalue weighted by Crippen LogP contribution is -2.53. The maximum absolute atomic E-state index is 12.6. The minimum atomic E-state index is 0.282. The molecule has 3 nitrogen and oxygen atoms in total. The summed E-state index contributed by atoms with van der Waals surface area (Å²) in [7, 11) is 4.61. The largest absolute Gasteiger partial charge is 0.356 e. The number of fused-ring (bicyclic) bond motifs is 5. The van der Waals surface area contributed by atoms with Gasteiger partial charge in [0.25, 0.3) is 0 Å². The Kier molecular flexibility index (Phi) is 8.66. The van der Waals surface area contributed by atoms with Crippen LogP contribution in [0.5, 0.6) is 0 Å². The maximum atomic E-state index is 12.6. The zero-order valence-electron chi connectivity index (χ0n) is 24.3. The molecule has 4 saturated carbocycles. The van der Waals surface area contributed by atoms with Crippen molar-refractivity contribution in [1.29, 1.82) is 0 Å². The van der Waals surface area contributed by atoms with E-state index in [1.807, 2.05) is 0 Å². The van der Waals surface area contributed by atoms with Crippen LogP contribution in [-0.4, -0.2) is 44.1 Å². The average Bonchev–Trinajstić information content (AvgIpc) is 3.17. The first-order chi connectivity index (χ1) is 16.6. The summed E-state index contributed by atoms with van der Waals surface area (Å²) in [6.07, 6.45) is 18.9. The lowest BCUT2D eigenvalue weighted by molar-refractivity contribution is -0.890. The summed E-state index contributed by atoms with van der Waals surface area (Å²) in [4.78, 5) is 12.6. The molecule has 0 aromatic rings. The number of hydrogen-bond donors (Lipinski definition) is 1. The zero-order valence-corrected chi connectivity index (χ0v) is 24.3. The molecule has 4 aliphatic rings. The second kappa shape index (κ2) is 11.0. The van der Waals surface area contributed by atoms with Crippen LogP contribution < -0.4 is 5.32 Å². The summed E-state index contributed by atoms with van der Waals surface area (Å²) >= 11 is 0. The van der Waals surface area contributed by atoms with Crippen LogP contribution in [0.3, 0.4) is 0 Å². The number of nitrogens with one attached hydrogen (secondary N) is 1. The highest BCUT2D eigenvalue weighted by Crippen LogP contribution is 2.68. The number of rotatable bonds is 10. The minimum Gasteiger partial charge on any atom is -0.356 e. The number of nitrogens with zero attached hydrogens (tertiary/aromatic N) is 1. The molecule has 0 aromatic heterocycles. The molecule has 4 rings (SSSR count). The molecule has 0 saturated heterocycles. The van der Waals surface area contributed by atoms with E-state index in [9.17, 15) is 4.79 Å². The summed E-state index contributed by atoms with van der Waals surface area (Å²) in [5.74, 6) is 5.74. The molecule has 0 bridgehead atoms. The molecule has 7 unspecified atom stereocenters. The normalized spacial score (nSPS) is 39.9. The highest BCUT2D eigenvalue weighted by atomic mass is 16.1. The fourth-order valence-corrected chi connectivity index (χ4v) is 10.4. The van der Waals surface area contributed by atoms with Gasteiger partial charge < -0.3 is 9.80 Å². The van der Waals surface area contributed by atoms with Gasteiger partial charge >= 0.3 is 0 Å². The third kappa shape index (κ3) is 5.65. The predicted octanol–water partition coefficient (Wildman–Crippen LogP) is 7.44. The molecule has 0 spiro atoms. The van der Waals surface area contributed by atoms with Gasteiger partial charge in [-0.3, -0.25) is 4.79 Å². The molecule has 0 aromatic carbocycles. The standard InChI is InChI=1S/C32H58N2O/c1-7-22-34(5,6)23-10-21-33-30(35)17-12-24(2)27-15-16-28-26-14-13-25-11-8-9-19-31(25,3)29(26)18-20-32(27,28)4/h24-29H,7-23H2,1-6H3/p+1/t24-,25?,26?,27?,28?,29?,31?,32?/m1/s1. The van der Waals surface area contributed by atoms with Crippen LogP contribution >= 0.6 is 0 Å². The lowest BCUT2D eigenvalue weighted by Gasteiger charge is -2.61. The highest BCUT2D eigenvalue weighted by Gasteiger charge is 2.60. The van der Waals surface area contributed by atoms with E-state index in [2.05, 4.69) is 47.1 Å². The zero-order chi connectivity index (χ0) is 25.3. The molecule has 0 heterocycles. The van der Waals surface area contributed by atoms with Crippen LogP contribution in [0, 0.1) is 46.3 Å². The molecule has 0 radical (unpaired) electrons. The van der Waals surface area contributed by atoms with Gasteiger partial charge in [-0.2, -0.15) is 0 Å². The third-order valence-corrected chi connectivity index (χ3v) is 12.3. The fraction of sp³-hybridized carbons (Fsp3) is 0.969. The van der Waals surface area contributed by atoms with Gasteiger partial charge in [-0.25, -0.2) is 0 Å². The first-order valence-corrected chi connectivity index (χ1v) is 15.7. The first kappa shape index (κ1) is 27.5. The van der Waals surface area contributed by atoms with Crippen molar-refractivity contribution in [3.63, 3.8) is 0 Å². The van der Waals surface area contributed by atoms with Gasteiger partial charge in [0.2, 0.25) is 5.91 Å². The smallest absolute Gasteiger partial charge is 0.220 e. The van der Waals surface area contributed by atoms with Crippen molar-refractivity contribution in [3.8, 4) is 0 Å². The molecule has 4 aliphatic carbocycles. The summed E-state index contributed by atoms with van der Waals surface area (Å²) in [6.45, 7) is 13.3. The van der Waals surface area contributed by atoms with Crippen LogP contribution in [0.15, 0.2) is 0 Å². The van der Waals surface area contributed by atoms with Gasteiger partial charge in [0.1, 0.15) is 0 Å². The molecule has 4 fully saturated rings. The second-order valence-electron chi connectivity index (χ2n) is 14.7. The Hall–Kier alpha value is -0.570. The van der Waals surface area contributed by atoms with Crippen molar-refractivity contribution in [3.05, 3.63) is 0 Å². The Morgan fingerprint density at radius 1 is 0.943 bits per heavy atom. The monoisotopic (exact) mass is 487 g/mol. The molecule has 1 amide bonds. The fourth-order valence-electron chi connectivity index (χ4n) is 10.4. The van der Waals surface area contributed by atoms with Crippen LogP contribution in [-0.2, 0) is 4.79 Å². The van der Waals surface area contributed by atoms with E-state index >= 15 is 0 Å². The van der Waals surface area contributed by atoms with Crippen molar-refractivity contribution >= 4 is 5.91 Å². The van der Waals surface area contributed by atoms with Crippen LogP contribution in [0.25, 0.3) is 0 Å². The molecule has 202 valence electrons. The lowest BCUT2D eigenvalue weighted by atomic mass is 9.44. The van der Waals surface area contributed by atoms with E-state index < -0.39 is 0 Å². The van der Waals surface area contributed by atoms with E-state index in [1.54, 1.807) is 0 Å². The van der Waals surface area contributed by atoms with Crippen molar-refractivity contribution in [1.82, 2.24) is 5.32 Å². The Balaban J connectivity index is 1.26. The van der Waals surface area contributed by atoms with E-state index in [1.165, 1.54) is 77.2 Å². The summed E-state index contributed by atoms with van der Waals surface area (Å²) in [5, 5.41) is 3.23. The van der Waals surface area contributed by atoms with E-state index in [0.717, 1.165) is 66.4 Å². The number of hydrogen-bond acceptors (Lipinski definition) is 1. The third-order valence-electron chi connectivity index (χ3n) is 12.3. The van der Waals surface area contributed by atoms with Gasteiger partial charge in [-0.15, -0.1) is 0 Å². The number of carbonyl (C=O) groups excluding carboxylic acids is 1. The average molecular weight is 488 g/mol. The van der Waals surface area contributed by atoms with E-state index in [4.69, 9.17) is 0 Å². The minimum absolute atomic E-state index is 0.282. The Bertz CT molecular complexity index is 718. The van der Waals surface area contributed by atoms with Crippen molar-refractivity contribution in [2.75, 3.05) is 33.7 Å². The first-order valence-electron chi connectivity index (χ1n) is 15.7. The predicted molar refractivity (Wildman–Crippen MR) is 148 cm³/mol. The Labute approximate surface area is 218 Å². The molecule has 35 heavy (non-hydrogen) atoms. The molecule has 0 aliphatic heterocycles. The molecular formula is C32H59N2O+. The van der Waals surface area contributed by atoms with Gasteiger partial charge in [-0.1, -0.05) is 40.5 Å². The number of amides is 1. The summed E-state index contributed by atoms with van der Waals surface area (Å²) in [6, 6.07) is 0. The van der Waals surface area contributed by atoms with Crippen molar-refractivity contribution < 1.29 is 9.28 Å².